The third-order valence-electron chi connectivity index (χ3n) is 3.73. The molecular weight excluding hydrogens is 336 g/mol. The van der Waals surface area contributed by atoms with Gasteiger partial charge in [0.15, 0.2) is 0 Å². The first-order valence-electron chi connectivity index (χ1n) is 9.83. The maximum atomic E-state index is 12.2. The highest BCUT2D eigenvalue weighted by Gasteiger charge is 2.39. The second-order valence-corrected chi connectivity index (χ2v) is 8.35. The molecule has 0 aromatic heterocycles. The largest absolute Gasteiger partial charge is 0.530 e. The fourth-order valence-corrected chi connectivity index (χ4v) is 4.87. The molecule has 0 fully saturated rings. The summed E-state index contributed by atoms with van der Waals surface area (Å²) in [6.45, 7) is 11.5. The minimum atomic E-state index is -2.96. The third kappa shape index (κ3) is 11.5. The zero-order valence-electron chi connectivity index (χ0n) is 16.9. The van der Waals surface area contributed by atoms with E-state index in [4.69, 9.17) is 18.0 Å². The molecule has 0 saturated heterocycles. The Bertz CT molecular complexity index is 354. The van der Waals surface area contributed by atoms with E-state index in [9.17, 15) is 4.79 Å². The molecule has 148 valence electrons. The zero-order chi connectivity index (χ0) is 19.0. The van der Waals surface area contributed by atoms with Gasteiger partial charge >= 0.3 is 14.8 Å². The van der Waals surface area contributed by atoms with Gasteiger partial charge in [-0.2, -0.15) is 0 Å². The van der Waals surface area contributed by atoms with Gasteiger partial charge in [0, 0.05) is 25.4 Å². The first-order chi connectivity index (χ1) is 12.0. The van der Waals surface area contributed by atoms with Crippen molar-refractivity contribution in [3.05, 3.63) is 11.3 Å². The van der Waals surface area contributed by atoms with E-state index >= 15 is 0 Å². The Hall–Kier alpha value is -0.693. The van der Waals surface area contributed by atoms with E-state index in [1.807, 2.05) is 20.8 Å². The molecule has 0 N–H and O–H groups in total. The fourth-order valence-electron chi connectivity index (χ4n) is 2.52. The lowest BCUT2D eigenvalue weighted by Gasteiger charge is -2.25. The fraction of sp³-hybridized carbons (Fsp3) is 0.842. The Kier molecular flexibility index (Phi) is 15.1. The van der Waals surface area contributed by atoms with Crippen molar-refractivity contribution in [3.8, 4) is 0 Å². The monoisotopic (exact) mass is 374 g/mol. The Labute approximate surface area is 155 Å². The Balaban J connectivity index is 4.35. The van der Waals surface area contributed by atoms with Crippen molar-refractivity contribution in [3.63, 3.8) is 0 Å². The van der Waals surface area contributed by atoms with Crippen molar-refractivity contribution in [2.24, 2.45) is 0 Å². The summed E-state index contributed by atoms with van der Waals surface area (Å²) in [6.07, 6.45) is 8.37. The molecule has 0 saturated carbocycles. The maximum absolute atomic E-state index is 12.2. The maximum Gasteiger partial charge on any atom is 0.530 e. The van der Waals surface area contributed by atoms with Gasteiger partial charge < -0.3 is 18.0 Å². The number of carbonyl (C=O) groups excluding carboxylic acids is 1. The van der Waals surface area contributed by atoms with Crippen LogP contribution in [-0.2, 0) is 22.8 Å². The predicted molar refractivity (Wildman–Crippen MR) is 103 cm³/mol. The third-order valence-corrected chi connectivity index (χ3v) is 6.59. The summed E-state index contributed by atoms with van der Waals surface area (Å²) in [4.78, 5) is 12.2. The van der Waals surface area contributed by atoms with Crippen LogP contribution in [0.3, 0.4) is 0 Å². The highest BCUT2D eigenvalue weighted by Crippen LogP contribution is 2.15. The minimum Gasteiger partial charge on any atom is -0.462 e. The van der Waals surface area contributed by atoms with E-state index in [2.05, 4.69) is 6.92 Å². The van der Waals surface area contributed by atoms with Crippen LogP contribution in [0.15, 0.2) is 11.3 Å². The van der Waals surface area contributed by atoms with E-state index < -0.39 is 8.80 Å². The van der Waals surface area contributed by atoms with Crippen molar-refractivity contribution >= 4 is 14.8 Å². The van der Waals surface area contributed by atoms with Gasteiger partial charge in [0.05, 0.1) is 6.61 Å². The summed E-state index contributed by atoms with van der Waals surface area (Å²) in [5.74, 6) is -0.318. The van der Waals surface area contributed by atoms with Crippen molar-refractivity contribution in [1.82, 2.24) is 0 Å². The molecular formula is C19H38O5Si. The number of ether oxygens (including phenoxy) is 1. The molecule has 0 aliphatic carbocycles. The zero-order valence-corrected chi connectivity index (χ0v) is 17.9. The van der Waals surface area contributed by atoms with Crippen molar-refractivity contribution in [1.29, 1.82) is 0 Å². The number of hydrogen-bond acceptors (Lipinski definition) is 5. The van der Waals surface area contributed by atoms with E-state index in [0.29, 0.717) is 32.0 Å². The van der Waals surface area contributed by atoms with Gasteiger partial charge in [0.1, 0.15) is 0 Å². The van der Waals surface area contributed by atoms with E-state index in [1.54, 1.807) is 12.6 Å². The highest BCUT2D eigenvalue weighted by atomic mass is 28.4. The van der Waals surface area contributed by atoms with Crippen LogP contribution in [-0.4, -0.2) is 41.2 Å². The number of esters is 1. The summed E-state index contributed by atoms with van der Waals surface area (Å²) in [5.41, 5.74) is 2.20. The molecule has 0 aromatic carbocycles. The molecule has 6 heteroatoms. The summed E-state index contributed by atoms with van der Waals surface area (Å²) in [6, 6.07) is 0. The first-order valence-corrected chi connectivity index (χ1v) is 11.6. The molecule has 5 nitrogen and oxygen atoms in total. The molecule has 0 amide bonds. The van der Waals surface area contributed by atoms with Gasteiger partial charge in [-0.15, -0.1) is 0 Å². The van der Waals surface area contributed by atoms with E-state index in [0.717, 1.165) is 12.8 Å². The lowest BCUT2D eigenvalue weighted by molar-refractivity contribution is -0.139. The quantitative estimate of drug-likeness (QED) is 0.168. The second-order valence-electron chi connectivity index (χ2n) is 5.99. The molecule has 0 heterocycles. The lowest BCUT2D eigenvalue weighted by Crippen LogP contribution is -2.45. The van der Waals surface area contributed by atoms with Crippen LogP contribution < -0.4 is 0 Å². The normalized spacial score (nSPS) is 12.4. The Morgan fingerprint density at radius 1 is 0.800 bits per heavy atom. The number of unbranched alkanes of at least 4 members (excludes halogenated alkanes) is 6. The summed E-state index contributed by atoms with van der Waals surface area (Å²) in [7, 11) is -2.96. The Morgan fingerprint density at radius 3 is 1.76 bits per heavy atom. The molecule has 0 aromatic rings. The lowest BCUT2D eigenvalue weighted by atomic mass is 10.1. The number of hydrogen-bond donors (Lipinski definition) is 0. The predicted octanol–water partition coefficient (Wildman–Crippen LogP) is 4.81. The van der Waals surface area contributed by atoms with Crippen LogP contribution in [0.25, 0.3) is 0 Å². The smallest absolute Gasteiger partial charge is 0.462 e. The number of carbonyl (C=O) groups is 1. The molecule has 0 aliphatic heterocycles. The summed E-state index contributed by atoms with van der Waals surface area (Å²) in [5, 5.41) is 0. The van der Waals surface area contributed by atoms with Gasteiger partial charge in [-0.1, -0.05) is 45.4 Å². The van der Waals surface area contributed by atoms with Crippen LogP contribution in [0.2, 0.25) is 0 Å². The van der Waals surface area contributed by atoms with Crippen molar-refractivity contribution < 1.29 is 22.8 Å². The minimum absolute atomic E-state index is 0.318. The van der Waals surface area contributed by atoms with Crippen LogP contribution in [0.1, 0.15) is 79.6 Å². The number of rotatable bonds is 16. The molecule has 0 radical (unpaired) electrons. The molecule has 0 spiro atoms. The molecule has 0 atom stereocenters. The van der Waals surface area contributed by atoms with Crippen LogP contribution >= 0.6 is 0 Å². The summed E-state index contributed by atoms with van der Waals surface area (Å²) < 4.78 is 22.6. The molecule has 0 rings (SSSR count). The van der Waals surface area contributed by atoms with Crippen molar-refractivity contribution in [2.75, 3.05) is 26.4 Å². The molecule has 0 aliphatic rings. The van der Waals surface area contributed by atoms with E-state index in [-0.39, 0.29) is 5.97 Å². The van der Waals surface area contributed by atoms with Crippen molar-refractivity contribution in [2.45, 2.75) is 79.6 Å². The van der Waals surface area contributed by atoms with Gasteiger partial charge in [0.2, 0.25) is 0 Å². The topological polar surface area (TPSA) is 54.0 Å². The van der Waals surface area contributed by atoms with Gasteiger partial charge in [-0.05, 0) is 39.8 Å². The highest BCUT2D eigenvalue weighted by molar-refractivity contribution is 6.66. The molecule has 0 unspecified atom stereocenters. The molecule has 0 bridgehead atoms. The summed E-state index contributed by atoms with van der Waals surface area (Å²) >= 11 is 0. The average molecular weight is 375 g/mol. The SMILES string of the molecule is CCCCCCCCCOC(=O)C(C)=C[Si](OCC)(OCC)OCC. The van der Waals surface area contributed by atoms with E-state index in [1.165, 1.54) is 32.1 Å². The molecule has 25 heavy (non-hydrogen) atoms. The van der Waals surface area contributed by atoms with Gasteiger partial charge in [0.25, 0.3) is 0 Å². The van der Waals surface area contributed by atoms with Gasteiger partial charge in [-0.3, -0.25) is 0 Å². The first kappa shape index (κ1) is 24.3. The van der Waals surface area contributed by atoms with Crippen LogP contribution in [0.4, 0.5) is 0 Å². The van der Waals surface area contributed by atoms with Crippen LogP contribution in [0, 0.1) is 0 Å². The average Bonchev–Trinajstić information content (AvgIpc) is 2.57. The second kappa shape index (κ2) is 15.6. The van der Waals surface area contributed by atoms with Gasteiger partial charge in [-0.25, -0.2) is 4.79 Å². The standard InChI is InChI=1S/C19H38O5Si/c1-6-10-11-12-13-14-15-16-21-19(20)18(5)17-25(22-7-2,23-8-3)24-9-4/h17H,6-16H2,1-5H3. The van der Waals surface area contributed by atoms with Crippen LogP contribution in [0.5, 0.6) is 0 Å². The Morgan fingerprint density at radius 2 is 1.28 bits per heavy atom.